The van der Waals surface area contributed by atoms with Crippen LogP contribution >= 0.6 is 23.1 Å². The number of thiazole rings is 1. The van der Waals surface area contributed by atoms with Gasteiger partial charge in [0.25, 0.3) is 11.8 Å². The molecule has 0 bridgehead atoms. The van der Waals surface area contributed by atoms with Crippen molar-refractivity contribution in [1.29, 1.82) is 0 Å². The summed E-state index contributed by atoms with van der Waals surface area (Å²) in [5.41, 5.74) is 3.43. The number of fused-ring (bicyclic) bond motifs is 1. The van der Waals surface area contributed by atoms with Gasteiger partial charge in [0.2, 0.25) is 0 Å². The van der Waals surface area contributed by atoms with E-state index < -0.39 is 0 Å². The maximum atomic E-state index is 13.5. The number of carbonyl (C=O) groups excluding carboxylic acids is 2. The minimum atomic E-state index is -0.311. The highest BCUT2D eigenvalue weighted by Crippen LogP contribution is 2.33. The molecule has 2 aromatic heterocycles. The van der Waals surface area contributed by atoms with Gasteiger partial charge in [-0.1, -0.05) is 47.1 Å². The van der Waals surface area contributed by atoms with Gasteiger partial charge >= 0.3 is 0 Å². The van der Waals surface area contributed by atoms with E-state index in [4.69, 9.17) is 4.52 Å². The molecule has 7 nitrogen and oxygen atoms in total. The molecule has 0 spiro atoms. The standard InChI is InChI=1S/C24H22N4O3S2/c1-14-6-5-7-16(10-14)22-21(26-15(2)33-22)24(30)28-13-32-12-17(28)11-25-23(29)20-18-8-3-4-9-19(18)31-27-20/h3-10,17H,11-13H2,1-2H3,(H,25,29)/t17-/m1/s1. The highest BCUT2D eigenvalue weighted by Gasteiger charge is 2.33. The van der Waals surface area contributed by atoms with Crippen molar-refractivity contribution in [2.24, 2.45) is 0 Å². The Kier molecular flexibility index (Phi) is 5.90. The van der Waals surface area contributed by atoms with E-state index in [2.05, 4.69) is 21.5 Å². The molecule has 0 aliphatic carbocycles. The lowest BCUT2D eigenvalue weighted by molar-refractivity contribution is 0.0731. The third-order valence-electron chi connectivity index (χ3n) is 5.55. The summed E-state index contributed by atoms with van der Waals surface area (Å²) < 4.78 is 5.24. The van der Waals surface area contributed by atoms with Crippen molar-refractivity contribution in [1.82, 2.24) is 20.4 Å². The van der Waals surface area contributed by atoms with Gasteiger partial charge in [-0.3, -0.25) is 9.59 Å². The van der Waals surface area contributed by atoms with E-state index in [1.807, 2.05) is 44.2 Å². The van der Waals surface area contributed by atoms with Crippen molar-refractivity contribution >= 4 is 45.9 Å². The van der Waals surface area contributed by atoms with Gasteiger partial charge in [-0.15, -0.1) is 23.1 Å². The minimum Gasteiger partial charge on any atom is -0.355 e. The zero-order valence-electron chi connectivity index (χ0n) is 18.2. The lowest BCUT2D eigenvalue weighted by Crippen LogP contribution is -2.44. The maximum Gasteiger partial charge on any atom is 0.275 e. The number of rotatable bonds is 5. The average molecular weight is 479 g/mol. The zero-order chi connectivity index (χ0) is 22.9. The van der Waals surface area contributed by atoms with Crippen LogP contribution < -0.4 is 5.32 Å². The first kappa shape index (κ1) is 21.7. The first-order valence-electron chi connectivity index (χ1n) is 10.6. The Labute approximate surface area is 199 Å². The second-order valence-electron chi connectivity index (χ2n) is 7.95. The molecule has 0 radical (unpaired) electrons. The van der Waals surface area contributed by atoms with E-state index in [-0.39, 0.29) is 23.6 Å². The van der Waals surface area contributed by atoms with Gasteiger partial charge < -0.3 is 14.7 Å². The van der Waals surface area contributed by atoms with Crippen molar-refractivity contribution in [3.8, 4) is 10.4 Å². The predicted octanol–water partition coefficient (Wildman–Crippen LogP) is 4.51. The van der Waals surface area contributed by atoms with E-state index >= 15 is 0 Å². The molecule has 1 fully saturated rings. The summed E-state index contributed by atoms with van der Waals surface area (Å²) in [5, 5.41) is 8.37. The fourth-order valence-electron chi connectivity index (χ4n) is 3.91. The van der Waals surface area contributed by atoms with Crippen LogP contribution in [-0.4, -0.2) is 51.1 Å². The molecule has 1 aliphatic heterocycles. The smallest absolute Gasteiger partial charge is 0.275 e. The normalized spacial score (nSPS) is 15.8. The molecule has 2 amide bonds. The van der Waals surface area contributed by atoms with E-state index in [0.29, 0.717) is 29.1 Å². The Hall–Kier alpha value is -3.17. The maximum absolute atomic E-state index is 13.5. The molecular formula is C24H22N4O3S2. The average Bonchev–Trinajstić information content (AvgIpc) is 3.55. The molecule has 0 unspecified atom stereocenters. The molecule has 33 heavy (non-hydrogen) atoms. The van der Waals surface area contributed by atoms with Crippen LogP contribution in [0.15, 0.2) is 53.1 Å². The number of carbonyl (C=O) groups is 2. The summed E-state index contributed by atoms with van der Waals surface area (Å²) in [6.07, 6.45) is 0. The van der Waals surface area contributed by atoms with Gasteiger partial charge in [0.05, 0.1) is 27.2 Å². The fourth-order valence-corrected chi connectivity index (χ4v) is 6.02. The summed E-state index contributed by atoms with van der Waals surface area (Å²) in [4.78, 5) is 33.5. The molecular weight excluding hydrogens is 456 g/mol. The summed E-state index contributed by atoms with van der Waals surface area (Å²) in [7, 11) is 0. The van der Waals surface area contributed by atoms with Crippen LogP contribution in [0.25, 0.3) is 21.4 Å². The number of nitrogens with zero attached hydrogens (tertiary/aromatic N) is 3. The van der Waals surface area contributed by atoms with Crippen LogP contribution in [-0.2, 0) is 0 Å². The van der Waals surface area contributed by atoms with Crippen LogP contribution in [0.3, 0.4) is 0 Å². The van der Waals surface area contributed by atoms with E-state index in [1.165, 1.54) is 11.3 Å². The Balaban J connectivity index is 1.33. The van der Waals surface area contributed by atoms with Gasteiger partial charge in [0.15, 0.2) is 11.3 Å². The molecule has 2 aromatic carbocycles. The number of aryl methyl sites for hydroxylation is 2. The molecule has 1 aliphatic rings. The van der Waals surface area contributed by atoms with Gasteiger partial charge in [0.1, 0.15) is 5.69 Å². The van der Waals surface area contributed by atoms with Gasteiger partial charge in [-0.05, 0) is 31.5 Å². The van der Waals surface area contributed by atoms with Gasteiger partial charge in [0, 0.05) is 12.3 Å². The molecule has 3 heterocycles. The summed E-state index contributed by atoms with van der Waals surface area (Å²) in [6, 6.07) is 15.2. The van der Waals surface area contributed by atoms with Crippen molar-refractivity contribution in [2.75, 3.05) is 18.2 Å². The molecule has 168 valence electrons. The minimum absolute atomic E-state index is 0.105. The van der Waals surface area contributed by atoms with E-state index in [0.717, 1.165) is 26.8 Å². The van der Waals surface area contributed by atoms with Crippen molar-refractivity contribution in [2.45, 2.75) is 19.9 Å². The molecule has 1 saturated heterocycles. The van der Waals surface area contributed by atoms with Crippen molar-refractivity contribution in [3.63, 3.8) is 0 Å². The summed E-state index contributed by atoms with van der Waals surface area (Å²) in [5.74, 6) is 0.895. The van der Waals surface area contributed by atoms with Crippen LogP contribution in [0.5, 0.6) is 0 Å². The topological polar surface area (TPSA) is 88.3 Å². The number of hydrogen-bond acceptors (Lipinski definition) is 7. The second kappa shape index (κ2) is 8.99. The highest BCUT2D eigenvalue weighted by atomic mass is 32.2. The van der Waals surface area contributed by atoms with Gasteiger partial charge in [-0.25, -0.2) is 4.98 Å². The van der Waals surface area contributed by atoms with E-state index in [1.54, 1.807) is 28.8 Å². The molecule has 0 saturated carbocycles. The third kappa shape index (κ3) is 4.26. The van der Waals surface area contributed by atoms with Crippen LogP contribution in [0.4, 0.5) is 0 Å². The lowest BCUT2D eigenvalue weighted by atomic mass is 10.1. The molecule has 5 rings (SSSR count). The Morgan fingerprint density at radius 3 is 2.85 bits per heavy atom. The van der Waals surface area contributed by atoms with Crippen molar-refractivity contribution in [3.05, 3.63) is 70.5 Å². The number of hydrogen-bond donors (Lipinski definition) is 1. The fraction of sp³-hybridized carbons (Fsp3) is 0.250. The number of aromatic nitrogens is 2. The number of benzene rings is 2. The molecule has 4 aromatic rings. The first-order valence-corrected chi connectivity index (χ1v) is 12.5. The quantitative estimate of drug-likeness (QED) is 0.454. The summed E-state index contributed by atoms with van der Waals surface area (Å²) >= 11 is 3.20. The first-order chi connectivity index (χ1) is 16.0. The summed E-state index contributed by atoms with van der Waals surface area (Å²) in [6.45, 7) is 4.29. The third-order valence-corrected chi connectivity index (χ3v) is 7.65. The second-order valence-corrected chi connectivity index (χ2v) is 10.1. The number of thioether (sulfide) groups is 1. The molecule has 9 heteroatoms. The zero-order valence-corrected chi connectivity index (χ0v) is 19.8. The Morgan fingerprint density at radius 1 is 1.15 bits per heavy atom. The highest BCUT2D eigenvalue weighted by molar-refractivity contribution is 7.99. The van der Waals surface area contributed by atoms with E-state index in [9.17, 15) is 9.59 Å². The number of nitrogens with one attached hydrogen (secondary N) is 1. The largest absolute Gasteiger partial charge is 0.355 e. The Bertz CT molecular complexity index is 1350. The van der Waals surface area contributed by atoms with Crippen LogP contribution in [0.1, 0.15) is 31.5 Å². The number of amides is 2. The van der Waals surface area contributed by atoms with Crippen LogP contribution in [0.2, 0.25) is 0 Å². The van der Waals surface area contributed by atoms with Crippen molar-refractivity contribution < 1.29 is 14.1 Å². The lowest BCUT2D eigenvalue weighted by Gasteiger charge is -2.23. The predicted molar refractivity (Wildman–Crippen MR) is 131 cm³/mol. The number of para-hydroxylation sites is 1. The Morgan fingerprint density at radius 2 is 2.00 bits per heavy atom. The molecule has 1 atom stereocenters. The SMILES string of the molecule is Cc1cccc(-c2sc(C)nc2C(=O)N2CSC[C@H]2CNC(=O)c2noc3ccccc23)c1. The molecule has 1 N–H and O–H groups in total. The monoisotopic (exact) mass is 478 g/mol. The van der Waals surface area contributed by atoms with Gasteiger partial charge in [-0.2, -0.15) is 0 Å². The van der Waals surface area contributed by atoms with Crippen LogP contribution in [0, 0.1) is 13.8 Å².